The van der Waals surface area contributed by atoms with Crippen molar-refractivity contribution in [1.29, 1.82) is 0 Å². The van der Waals surface area contributed by atoms with Crippen LogP contribution in [0, 0.1) is 6.92 Å². The number of hydrogen-bond donors (Lipinski definition) is 1. The number of amides is 1. The van der Waals surface area contributed by atoms with Crippen molar-refractivity contribution in [3.8, 4) is 5.75 Å². The molecule has 4 nitrogen and oxygen atoms in total. The third kappa shape index (κ3) is 5.55. The zero-order valence-corrected chi connectivity index (χ0v) is 14.7. The Kier molecular flexibility index (Phi) is 7.09. The highest BCUT2D eigenvalue weighted by molar-refractivity contribution is 6.31. The first-order chi connectivity index (χ1) is 11.6. The fourth-order valence-corrected chi connectivity index (χ4v) is 2.38. The Bertz CT molecular complexity index is 671. The van der Waals surface area contributed by atoms with Crippen LogP contribution >= 0.6 is 11.6 Å². The van der Waals surface area contributed by atoms with E-state index >= 15 is 0 Å². The first-order valence-corrected chi connectivity index (χ1v) is 8.23. The average Bonchev–Trinajstić information content (AvgIpc) is 2.58. The van der Waals surface area contributed by atoms with Crippen molar-refractivity contribution in [2.45, 2.75) is 13.3 Å². The maximum atomic E-state index is 12.4. The minimum Gasteiger partial charge on any atom is -0.490 e. The number of aryl methyl sites for hydroxylation is 1. The first-order valence-electron chi connectivity index (χ1n) is 7.85. The molecule has 0 unspecified atom stereocenters. The van der Waals surface area contributed by atoms with Gasteiger partial charge in [0.1, 0.15) is 12.4 Å². The Morgan fingerprint density at radius 3 is 2.58 bits per heavy atom. The van der Waals surface area contributed by atoms with E-state index in [-0.39, 0.29) is 5.91 Å². The highest BCUT2D eigenvalue weighted by Gasteiger charge is 2.13. The van der Waals surface area contributed by atoms with Crippen LogP contribution in [0.25, 0.3) is 0 Å². The Morgan fingerprint density at radius 2 is 1.88 bits per heavy atom. The van der Waals surface area contributed by atoms with Crippen molar-refractivity contribution >= 4 is 17.5 Å². The third-order valence-corrected chi connectivity index (χ3v) is 3.79. The number of nitrogens with one attached hydrogen (secondary N) is 1. The van der Waals surface area contributed by atoms with Gasteiger partial charge in [0.15, 0.2) is 0 Å². The lowest BCUT2D eigenvalue weighted by atomic mass is 10.1. The van der Waals surface area contributed by atoms with Crippen LogP contribution in [-0.2, 0) is 11.2 Å². The van der Waals surface area contributed by atoms with Gasteiger partial charge in [0.05, 0.1) is 12.2 Å². The molecule has 0 aromatic heterocycles. The Balaban J connectivity index is 1.95. The lowest BCUT2D eigenvalue weighted by Gasteiger charge is -2.12. The second kappa shape index (κ2) is 9.30. The van der Waals surface area contributed by atoms with Crippen molar-refractivity contribution in [3.05, 3.63) is 64.2 Å². The van der Waals surface area contributed by atoms with Gasteiger partial charge in [0.25, 0.3) is 5.91 Å². The van der Waals surface area contributed by atoms with Gasteiger partial charge in [-0.3, -0.25) is 4.79 Å². The summed E-state index contributed by atoms with van der Waals surface area (Å²) in [6.07, 6.45) is 0.770. The molecule has 128 valence electrons. The molecule has 0 spiro atoms. The van der Waals surface area contributed by atoms with Gasteiger partial charge in [-0.25, -0.2) is 0 Å². The van der Waals surface area contributed by atoms with Gasteiger partial charge in [-0.1, -0.05) is 41.4 Å². The zero-order valence-electron chi connectivity index (χ0n) is 14.0. The maximum absolute atomic E-state index is 12.4. The third-order valence-electron chi connectivity index (χ3n) is 3.55. The van der Waals surface area contributed by atoms with Crippen molar-refractivity contribution < 1.29 is 14.3 Å². The average molecular weight is 348 g/mol. The molecule has 0 atom stereocenters. The van der Waals surface area contributed by atoms with Crippen LogP contribution in [0.2, 0.25) is 5.02 Å². The molecule has 0 aliphatic heterocycles. The predicted octanol–water partition coefficient (Wildman–Crippen LogP) is 3.65. The van der Waals surface area contributed by atoms with Crippen LogP contribution in [-0.4, -0.2) is 32.8 Å². The van der Waals surface area contributed by atoms with Crippen molar-refractivity contribution in [2.24, 2.45) is 0 Å². The molecule has 0 saturated carbocycles. The topological polar surface area (TPSA) is 47.6 Å². The van der Waals surface area contributed by atoms with E-state index < -0.39 is 0 Å². The monoisotopic (exact) mass is 347 g/mol. The number of ether oxygens (including phenoxy) is 2. The first kappa shape index (κ1) is 18.3. The second-order valence-electron chi connectivity index (χ2n) is 5.47. The molecule has 0 aliphatic rings. The van der Waals surface area contributed by atoms with Gasteiger partial charge < -0.3 is 14.8 Å². The van der Waals surface area contributed by atoms with Gasteiger partial charge in [-0.15, -0.1) is 0 Å². The van der Waals surface area contributed by atoms with Crippen molar-refractivity contribution in [1.82, 2.24) is 5.32 Å². The van der Waals surface area contributed by atoms with Crippen LogP contribution in [0.3, 0.4) is 0 Å². The largest absolute Gasteiger partial charge is 0.490 e. The molecule has 2 aromatic carbocycles. The lowest BCUT2D eigenvalue weighted by molar-refractivity contribution is 0.0946. The molecule has 0 fully saturated rings. The highest BCUT2D eigenvalue weighted by atomic mass is 35.5. The molecule has 0 saturated heterocycles. The molecule has 0 heterocycles. The zero-order chi connectivity index (χ0) is 17.4. The molecule has 1 N–H and O–H groups in total. The van der Waals surface area contributed by atoms with Crippen molar-refractivity contribution in [3.63, 3.8) is 0 Å². The quantitative estimate of drug-likeness (QED) is 0.741. The van der Waals surface area contributed by atoms with E-state index in [1.807, 2.05) is 0 Å². The van der Waals surface area contributed by atoms with Gasteiger partial charge in [-0.2, -0.15) is 0 Å². The minimum absolute atomic E-state index is 0.197. The molecule has 0 aliphatic carbocycles. The van der Waals surface area contributed by atoms with E-state index in [1.54, 1.807) is 25.3 Å². The number of carbonyl (C=O) groups is 1. The van der Waals surface area contributed by atoms with E-state index in [1.165, 1.54) is 11.1 Å². The van der Waals surface area contributed by atoms with E-state index in [0.29, 0.717) is 36.1 Å². The summed E-state index contributed by atoms with van der Waals surface area (Å²) >= 11 is 6.01. The number of hydrogen-bond acceptors (Lipinski definition) is 3. The summed E-state index contributed by atoms with van der Waals surface area (Å²) < 4.78 is 10.5. The van der Waals surface area contributed by atoms with Crippen LogP contribution in [0.1, 0.15) is 21.5 Å². The van der Waals surface area contributed by atoms with E-state index in [9.17, 15) is 4.79 Å². The smallest absolute Gasteiger partial charge is 0.255 e. The Hall–Kier alpha value is -2.04. The van der Waals surface area contributed by atoms with Crippen molar-refractivity contribution in [2.75, 3.05) is 26.9 Å². The molecule has 2 aromatic rings. The number of methoxy groups -OCH3 is 1. The fourth-order valence-electron chi connectivity index (χ4n) is 2.21. The van der Waals surface area contributed by atoms with Crippen LogP contribution in [0.4, 0.5) is 0 Å². The van der Waals surface area contributed by atoms with E-state index in [2.05, 4.69) is 36.5 Å². The highest BCUT2D eigenvalue weighted by Crippen LogP contribution is 2.23. The summed E-state index contributed by atoms with van der Waals surface area (Å²) in [5.41, 5.74) is 2.84. The predicted molar refractivity (Wildman–Crippen MR) is 96.0 cm³/mol. The summed E-state index contributed by atoms with van der Waals surface area (Å²) in [4.78, 5) is 12.4. The summed E-state index contributed by atoms with van der Waals surface area (Å²) in [6.45, 7) is 3.43. The van der Waals surface area contributed by atoms with Crippen LogP contribution in [0.5, 0.6) is 5.75 Å². The molecular weight excluding hydrogens is 326 g/mol. The Morgan fingerprint density at radius 1 is 1.12 bits per heavy atom. The Labute approximate surface area is 147 Å². The summed E-state index contributed by atoms with van der Waals surface area (Å²) in [7, 11) is 1.60. The number of rotatable bonds is 8. The molecular formula is C19H22ClNO3. The van der Waals surface area contributed by atoms with E-state index in [0.717, 1.165) is 6.42 Å². The van der Waals surface area contributed by atoms with Gasteiger partial charge in [0.2, 0.25) is 0 Å². The summed E-state index contributed by atoms with van der Waals surface area (Å²) in [5.74, 6) is 0.307. The fraction of sp³-hybridized carbons (Fsp3) is 0.316. The number of halogens is 1. The van der Waals surface area contributed by atoms with Crippen LogP contribution < -0.4 is 10.1 Å². The second-order valence-corrected chi connectivity index (χ2v) is 5.91. The van der Waals surface area contributed by atoms with E-state index in [4.69, 9.17) is 21.1 Å². The SMILES string of the molecule is COCCOc1ccc(Cl)cc1C(=O)NCCc1ccc(C)cc1. The molecule has 1 amide bonds. The van der Waals surface area contributed by atoms with Gasteiger partial charge >= 0.3 is 0 Å². The van der Waals surface area contributed by atoms with Gasteiger partial charge in [-0.05, 0) is 37.1 Å². The molecule has 5 heteroatoms. The molecule has 0 radical (unpaired) electrons. The minimum atomic E-state index is -0.197. The number of benzene rings is 2. The maximum Gasteiger partial charge on any atom is 0.255 e. The molecule has 24 heavy (non-hydrogen) atoms. The van der Waals surface area contributed by atoms with Crippen LogP contribution in [0.15, 0.2) is 42.5 Å². The molecule has 2 rings (SSSR count). The standard InChI is InChI=1S/C19H22ClNO3/c1-14-3-5-15(6-4-14)9-10-21-19(22)17-13-16(20)7-8-18(17)24-12-11-23-2/h3-8,13H,9-12H2,1-2H3,(H,21,22). The lowest BCUT2D eigenvalue weighted by Crippen LogP contribution is -2.26. The molecule has 0 bridgehead atoms. The number of carbonyl (C=O) groups excluding carboxylic acids is 1. The van der Waals surface area contributed by atoms with Gasteiger partial charge in [0, 0.05) is 18.7 Å². The summed E-state index contributed by atoms with van der Waals surface area (Å²) in [5, 5.41) is 3.41. The normalized spacial score (nSPS) is 10.5. The summed E-state index contributed by atoms with van der Waals surface area (Å²) in [6, 6.07) is 13.3.